The summed E-state index contributed by atoms with van der Waals surface area (Å²) in [6.45, 7) is 0. The maximum absolute atomic E-state index is 12.4. The molecule has 0 atom stereocenters. The van der Waals surface area contributed by atoms with Gasteiger partial charge in [0.25, 0.3) is 0 Å². The predicted octanol–water partition coefficient (Wildman–Crippen LogP) is 4.77. The molecule has 24 heavy (non-hydrogen) atoms. The zero-order valence-corrected chi connectivity index (χ0v) is 12.9. The highest BCUT2D eigenvalue weighted by Crippen LogP contribution is 2.32. The van der Waals surface area contributed by atoms with Gasteiger partial charge in [-0.2, -0.15) is 5.10 Å². The molecule has 7 heteroatoms. The number of aromatic nitrogens is 2. The van der Waals surface area contributed by atoms with Crippen molar-refractivity contribution in [2.45, 2.75) is 44.5 Å². The molecule has 0 N–H and O–H groups in total. The minimum atomic E-state index is -4.80. The van der Waals surface area contributed by atoms with Crippen LogP contribution in [-0.2, 0) is 0 Å². The minimum absolute atomic E-state index is 0.122. The van der Waals surface area contributed by atoms with Crippen LogP contribution in [-0.4, -0.2) is 22.4 Å². The van der Waals surface area contributed by atoms with Crippen molar-refractivity contribution < 1.29 is 22.7 Å². The summed E-state index contributed by atoms with van der Waals surface area (Å²) in [6.07, 6.45) is 4.77. The second-order valence-corrected chi connectivity index (χ2v) is 5.96. The summed E-state index contributed by atoms with van der Waals surface area (Å²) in [5.74, 6) is -0.410. The summed E-state index contributed by atoms with van der Waals surface area (Å²) in [5, 5.41) is 4.34. The number of halogens is 3. The summed E-state index contributed by atoms with van der Waals surface area (Å²) in [5.41, 5.74) is 1.26. The number of hydrogen-bond acceptors (Lipinski definition) is 3. The molecule has 1 fully saturated rings. The Bertz CT molecular complexity index is 719. The fourth-order valence-corrected chi connectivity index (χ4v) is 3.08. The van der Waals surface area contributed by atoms with Gasteiger partial charge in [-0.25, -0.2) is 0 Å². The Labute approximate surface area is 137 Å². The van der Waals surface area contributed by atoms with Gasteiger partial charge in [-0.05, 0) is 36.6 Å². The standard InChI is InChI=1S/C17H17F3N2O2/c18-17(19,20)24-16-7-12(11-23)6-13(8-16)14-9-21-22(10-14)15-4-2-1-3-5-15/h6-11,15H,1-5H2. The summed E-state index contributed by atoms with van der Waals surface area (Å²) >= 11 is 0. The van der Waals surface area contributed by atoms with E-state index in [0.29, 0.717) is 23.5 Å². The maximum atomic E-state index is 12.4. The molecule has 4 nitrogen and oxygen atoms in total. The van der Waals surface area contributed by atoms with E-state index >= 15 is 0 Å². The normalized spacial score (nSPS) is 16.1. The largest absolute Gasteiger partial charge is 0.573 e. The van der Waals surface area contributed by atoms with Crippen molar-refractivity contribution in [2.75, 3.05) is 0 Å². The molecule has 0 unspecified atom stereocenters. The Morgan fingerprint density at radius 3 is 2.54 bits per heavy atom. The minimum Gasteiger partial charge on any atom is -0.406 e. The fraction of sp³-hybridized carbons (Fsp3) is 0.412. The van der Waals surface area contributed by atoms with Gasteiger partial charge in [0, 0.05) is 17.3 Å². The van der Waals surface area contributed by atoms with Crippen LogP contribution in [0.3, 0.4) is 0 Å². The Hall–Kier alpha value is -2.31. The Morgan fingerprint density at radius 2 is 1.88 bits per heavy atom. The van der Waals surface area contributed by atoms with E-state index in [2.05, 4.69) is 9.84 Å². The molecule has 128 valence electrons. The van der Waals surface area contributed by atoms with E-state index in [1.54, 1.807) is 6.20 Å². The topological polar surface area (TPSA) is 44.1 Å². The molecule has 0 bridgehead atoms. The number of ether oxygens (including phenoxy) is 1. The molecule has 0 amide bonds. The fourth-order valence-electron chi connectivity index (χ4n) is 3.08. The molecule has 1 aliphatic carbocycles. The number of carbonyl (C=O) groups excluding carboxylic acids is 1. The zero-order chi connectivity index (χ0) is 17.2. The molecule has 1 heterocycles. The maximum Gasteiger partial charge on any atom is 0.573 e. The highest BCUT2D eigenvalue weighted by Gasteiger charge is 2.31. The van der Waals surface area contributed by atoms with Gasteiger partial charge in [-0.3, -0.25) is 9.48 Å². The van der Waals surface area contributed by atoms with Crippen molar-refractivity contribution in [2.24, 2.45) is 0 Å². The van der Waals surface area contributed by atoms with Gasteiger partial charge in [0.1, 0.15) is 12.0 Å². The molecule has 2 aromatic rings. The van der Waals surface area contributed by atoms with E-state index in [0.717, 1.165) is 31.7 Å². The third-order valence-corrected chi connectivity index (χ3v) is 4.18. The van der Waals surface area contributed by atoms with Crippen LogP contribution in [0.5, 0.6) is 5.75 Å². The van der Waals surface area contributed by atoms with Crippen LogP contribution in [0.2, 0.25) is 0 Å². The molecule has 0 aliphatic heterocycles. The molecule has 1 aromatic carbocycles. The molecule has 3 rings (SSSR count). The second kappa shape index (κ2) is 6.67. The van der Waals surface area contributed by atoms with Crippen LogP contribution in [0, 0.1) is 0 Å². The van der Waals surface area contributed by atoms with Gasteiger partial charge >= 0.3 is 6.36 Å². The average molecular weight is 338 g/mol. The van der Waals surface area contributed by atoms with E-state index in [1.165, 1.54) is 18.6 Å². The summed E-state index contributed by atoms with van der Waals surface area (Å²) < 4.78 is 43.1. The Morgan fingerprint density at radius 1 is 1.12 bits per heavy atom. The number of carbonyl (C=O) groups is 1. The molecular weight excluding hydrogens is 321 g/mol. The van der Waals surface area contributed by atoms with Gasteiger partial charge in [0.15, 0.2) is 0 Å². The van der Waals surface area contributed by atoms with Gasteiger partial charge < -0.3 is 4.74 Å². The van der Waals surface area contributed by atoms with E-state index in [-0.39, 0.29) is 5.56 Å². The van der Waals surface area contributed by atoms with E-state index in [4.69, 9.17) is 0 Å². The van der Waals surface area contributed by atoms with Crippen LogP contribution < -0.4 is 4.74 Å². The third-order valence-electron chi connectivity index (χ3n) is 4.18. The van der Waals surface area contributed by atoms with Crippen molar-refractivity contribution in [3.05, 3.63) is 36.2 Å². The number of aldehydes is 1. The van der Waals surface area contributed by atoms with Crippen molar-refractivity contribution in [3.8, 4) is 16.9 Å². The quantitative estimate of drug-likeness (QED) is 0.755. The van der Waals surface area contributed by atoms with Gasteiger partial charge in [-0.1, -0.05) is 19.3 Å². The van der Waals surface area contributed by atoms with Crippen molar-refractivity contribution >= 4 is 6.29 Å². The number of hydrogen-bond donors (Lipinski definition) is 0. The highest BCUT2D eigenvalue weighted by molar-refractivity contribution is 5.80. The molecule has 0 spiro atoms. The van der Waals surface area contributed by atoms with Gasteiger partial charge in [-0.15, -0.1) is 13.2 Å². The first-order valence-corrected chi connectivity index (χ1v) is 7.85. The molecule has 1 aromatic heterocycles. The third kappa shape index (κ3) is 3.96. The average Bonchev–Trinajstić information content (AvgIpc) is 3.04. The number of alkyl halides is 3. The summed E-state index contributed by atoms with van der Waals surface area (Å²) in [7, 11) is 0. The summed E-state index contributed by atoms with van der Waals surface area (Å²) in [6, 6.07) is 4.18. The molecule has 1 saturated carbocycles. The lowest BCUT2D eigenvalue weighted by atomic mass is 9.96. The van der Waals surface area contributed by atoms with Crippen molar-refractivity contribution in [1.29, 1.82) is 0 Å². The second-order valence-electron chi connectivity index (χ2n) is 5.96. The van der Waals surface area contributed by atoms with Crippen LogP contribution in [0.4, 0.5) is 13.2 Å². The van der Waals surface area contributed by atoms with E-state index < -0.39 is 12.1 Å². The Kier molecular flexibility index (Phi) is 4.59. The molecule has 0 radical (unpaired) electrons. The molecule has 1 aliphatic rings. The van der Waals surface area contributed by atoms with Crippen LogP contribution in [0.1, 0.15) is 48.5 Å². The summed E-state index contributed by atoms with van der Waals surface area (Å²) in [4.78, 5) is 11.0. The monoisotopic (exact) mass is 338 g/mol. The predicted molar refractivity (Wildman–Crippen MR) is 81.9 cm³/mol. The Balaban J connectivity index is 1.89. The van der Waals surface area contributed by atoms with Crippen molar-refractivity contribution in [1.82, 2.24) is 9.78 Å². The van der Waals surface area contributed by atoms with Gasteiger partial charge in [0.05, 0.1) is 12.2 Å². The van der Waals surface area contributed by atoms with Crippen LogP contribution in [0.25, 0.3) is 11.1 Å². The number of benzene rings is 1. The van der Waals surface area contributed by atoms with Gasteiger partial charge in [0.2, 0.25) is 0 Å². The smallest absolute Gasteiger partial charge is 0.406 e. The lowest BCUT2D eigenvalue weighted by Gasteiger charge is -2.21. The lowest BCUT2D eigenvalue weighted by Crippen LogP contribution is -2.17. The zero-order valence-electron chi connectivity index (χ0n) is 12.9. The molecule has 0 saturated heterocycles. The first kappa shape index (κ1) is 16.5. The lowest BCUT2D eigenvalue weighted by molar-refractivity contribution is -0.274. The van der Waals surface area contributed by atoms with E-state index in [9.17, 15) is 18.0 Å². The van der Waals surface area contributed by atoms with E-state index in [1.807, 2.05) is 10.9 Å². The number of nitrogens with zero attached hydrogens (tertiary/aromatic N) is 2. The van der Waals surface area contributed by atoms with Crippen LogP contribution >= 0.6 is 0 Å². The SMILES string of the molecule is O=Cc1cc(OC(F)(F)F)cc(-c2cnn(C3CCCCC3)c2)c1. The first-order chi connectivity index (χ1) is 11.4. The number of rotatable bonds is 4. The molecular formula is C17H17F3N2O2. The highest BCUT2D eigenvalue weighted by atomic mass is 19.4. The van der Waals surface area contributed by atoms with Crippen LogP contribution in [0.15, 0.2) is 30.6 Å². The van der Waals surface area contributed by atoms with Crippen molar-refractivity contribution in [3.63, 3.8) is 0 Å². The first-order valence-electron chi connectivity index (χ1n) is 7.85.